The minimum absolute atomic E-state index is 0.0121. The number of anilines is 1. The highest BCUT2D eigenvalue weighted by Gasteiger charge is 2.42. The van der Waals surface area contributed by atoms with Crippen LogP contribution in [0.25, 0.3) is 5.69 Å². The van der Waals surface area contributed by atoms with Gasteiger partial charge in [-0.2, -0.15) is 5.10 Å². The first-order valence-electron chi connectivity index (χ1n) is 10.7. The summed E-state index contributed by atoms with van der Waals surface area (Å²) < 4.78 is 6.96. The average molecular weight is 422 g/mol. The lowest BCUT2D eigenvalue weighted by Crippen LogP contribution is -2.55. The molecular weight excluding hydrogens is 396 g/mol. The number of rotatable bonds is 4. The van der Waals surface area contributed by atoms with Gasteiger partial charge in [-0.05, 0) is 50.5 Å². The second-order valence-corrected chi connectivity index (χ2v) is 8.15. The van der Waals surface area contributed by atoms with Gasteiger partial charge in [-0.25, -0.2) is 9.48 Å². The highest BCUT2D eigenvalue weighted by molar-refractivity contribution is 6.20. The Morgan fingerprint density at radius 3 is 2.74 bits per heavy atom. The van der Waals surface area contributed by atoms with Crippen LogP contribution in [0.2, 0.25) is 0 Å². The fraction of sp³-hybridized carbons (Fsp3) is 0.455. The fourth-order valence-electron chi connectivity index (χ4n) is 4.61. The summed E-state index contributed by atoms with van der Waals surface area (Å²) in [7, 11) is 1.62. The predicted octanol–water partition coefficient (Wildman–Crippen LogP) is 2.28. The van der Waals surface area contributed by atoms with E-state index in [0.717, 1.165) is 42.8 Å². The van der Waals surface area contributed by atoms with Crippen LogP contribution in [0.1, 0.15) is 31.7 Å². The van der Waals surface area contributed by atoms with E-state index in [4.69, 9.17) is 4.74 Å². The molecule has 1 fully saturated rings. The van der Waals surface area contributed by atoms with Crippen LogP contribution >= 0.6 is 0 Å². The molecule has 9 heteroatoms. The molecular formula is C22H26N6O3. The number of aliphatic imine (C=N–C) groups is 1. The average Bonchev–Trinajstić information content (AvgIpc) is 3.44. The van der Waals surface area contributed by atoms with Crippen LogP contribution in [0.4, 0.5) is 10.6 Å². The molecule has 0 bridgehead atoms. The van der Waals surface area contributed by atoms with Crippen molar-refractivity contribution >= 4 is 23.6 Å². The van der Waals surface area contributed by atoms with E-state index >= 15 is 0 Å². The quantitative estimate of drug-likeness (QED) is 0.757. The summed E-state index contributed by atoms with van der Waals surface area (Å²) in [4.78, 5) is 36.2. The Morgan fingerprint density at radius 2 is 2.00 bits per heavy atom. The summed E-state index contributed by atoms with van der Waals surface area (Å²) in [5, 5.41) is 4.55. The Bertz CT molecular complexity index is 1040. The number of ether oxygens (including phenoxy) is 1. The van der Waals surface area contributed by atoms with Gasteiger partial charge in [-0.1, -0.05) is 0 Å². The van der Waals surface area contributed by atoms with Crippen LogP contribution < -0.4 is 9.64 Å². The van der Waals surface area contributed by atoms with Gasteiger partial charge in [0.05, 0.1) is 31.1 Å². The number of aromatic nitrogens is 2. The monoisotopic (exact) mass is 422 g/mol. The van der Waals surface area contributed by atoms with Crippen molar-refractivity contribution in [2.45, 2.75) is 32.2 Å². The summed E-state index contributed by atoms with van der Waals surface area (Å²) in [6, 6.07) is 7.42. The largest absolute Gasteiger partial charge is 0.497 e. The molecule has 0 N–H and O–H groups in total. The smallest absolute Gasteiger partial charge is 0.331 e. The van der Waals surface area contributed by atoms with Gasteiger partial charge in [-0.15, -0.1) is 0 Å². The van der Waals surface area contributed by atoms with Gasteiger partial charge in [0, 0.05) is 19.1 Å². The minimum Gasteiger partial charge on any atom is -0.497 e. The van der Waals surface area contributed by atoms with Gasteiger partial charge in [0.25, 0.3) is 0 Å². The van der Waals surface area contributed by atoms with E-state index in [1.807, 2.05) is 29.2 Å². The van der Waals surface area contributed by atoms with E-state index in [1.165, 1.54) is 0 Å². The number of piperidine rings is 1. The van der Waals surface area contributed by atoms with E-state index in [9.17, 15) is 9.59 Å². The van der Waals surface area contributed by atoms with E-state index in [2.05, 4.69) is 17.0 Å². The Morgan fingerprint density at radius 1 is 1.19 bits per heavy atom. The van der Waals surface area contributed by atoms with Crippen molar-refractivity contribution in [3.8, 4) is 11.4 Å². The topological polar surface area (TPSA) is 83.3 Å². The van der Waals surface area contributed by atoms with Crippen LogP contribution in [0.15, 0.2) is 35.5 Å². The molecule has 1 saturated heterocycles. The van der Waals surface area contributed by atoms with Crippen molar-refractivity contribution < 1.29 is 14.3 Å². The van der Waals surface area contributed by atoms with Gasteiger partial charge >= 0.3 is 6.03 Å². The van der Waals surface area contributed by atoms with E-state index in [0.29, 0.717) is 24.7 Å². The van der Waals surface area contributed by atoms with Crippen molar-refractivity contribution in [2.75, 3.05) is 38.2 Å². The second kappa shape index (κ2) is 7.72. The SMILES string of the molecule is COc1ccc(-n2ncc3c2N(CC(=O)N2CCCC[C@H]2C)C(=O)N2CCN=C32)cc1. The van der Waals surface area contributed by atoms with Gasteiger partial charge in [0.1, 0.15) is 18.1 Å². The molecule has 0 saturated carbocycles. The number of nitrogens with zero attached hydrogens (tertiary/aromatic N) is 6. The van der Waals surface area contributed by atoms with Gasteiger partial charge in [0.2, 0.25) is 5.91 Å². The molecule has 1 aromatic carbocycles. The third kappa shape index (κ3) is 3.24. The molecule has 3 aliphatic heterocycles. The molecule has 3 aliphatic rings. The molecule has 0 aliphatic carbocycles. The molecule has 0 unspecified atom stereocenters. The fourth-order valence-corrected chi connectivity index (χ4v) is 4.61. The Hall–Kier alpha value is -3.36. The number of benzene rings is 1. The summed E-state index contributed by atoms with van der Waals surface area (Å²) in [6.45, 7) is 3.88. The summed E-state index contributed by atoms with van der Waals surface area (Å²) in [5.41, 5.74) is 1.55. The molecule has 0 radical (unpaired) electrons. The van der Waals surface area contributed by atoms with E-state index in [1.54, 1.807) is 27.8 Å². The number of carbonyl (C=O) groups excluding carboxylic acids is 2. The molecule has 9 nitrogen and oxygen atoms in total. The number of amidine groups is 1. The second-order valence-electron chi connectivity index (χ2n) is 8.15. The number of fused-ring (bicyclic) bond motifs is 3. The Labute approximate surface area is 180 Å². The Balaban J connectivity index is 1.54. The summed E-state index contributed by atoms with van der Waals surface area (Å²) >= 11 is 0. The third-order valence-corrected chi connectivity index (χ3v) is 6.28. The first-order valence-corrected chi connectivity index (χ1v) is 10.7. The third-order valence-electron chi connectivity index (χ3n) is 6.28. The van der Waals surface area contributed by atoms with E-state index < -0.39 is 0 Å². The minimum atomic E-state index is -0.225. The predicted molar refractivity (Wildman–Crippen MR) is 116 cm³/mol. The first-order chi connectivity index (χ1) is 15.1. The number of likely N-dealkylation sites (tertiary alicyclic amines) is 1. The normalized spacial score (nSPS) is 20.5. The van der Waals surface area contributed by atoms with Crippen LogP contribution in [-0.2, 0) is 4.79 Å². The molecule has 4 heterocycles. The lowest BCUT2D eigenvalue weighted by molar-refractivity contribution is -0.132. The molecule has 162 valence electrons. The zero-order chi connectivity index (χ0) is 21.5. The van der Waals surface area contributed by atoms with Crippen molar-refractivity contribution in [1.29, 1.82) is 0 Å². The molecule has 0 spiro atoms. The number of urea groups is 1. The zero-order valence-electron chi connectivity index (χ0n) is 17.8. The highest BCUT2D eigenvalue weighted by atomic mass is 16.5. The highest BCUT2D eigenvalue weighted by Crippen LogP contribution is 2.33. The van der Waals surface area contributed by atoms with Gasteiger partial charge in [0.15, 0.2) is 5.82 Å². The van der Waals surface area contributed by atoms with Crippen LogP contribution in [-0.4, -0.2) is 76.7 Å². The molecule has 5 rings (SSSR count). The lowest BCUT2D eigenvalue weighted by Gasteiger charge is -2.37. The number of hydrogen-bond donors (Lipinski definition) is 0. The molecule has 2 aromatic rings. The Kier molecular flexibility index (Phi) is 4.88. The molecule has 31 heavy (non-hydrogen) atoms. The van der Waals surface area contributed by atoms with Crippen molar-refractivity contribution in [3.05, 3.63) is 36.0 Å². The van der Waals surface area contributed by atoms with E-state index in [-0.39, 0.29) is 24.5 Å². The maximum atomic E-state index is 13.4. The zero-order valence-corrected chi connectivity index (χ0v) is 17.8. The lowest BCUT2D eigenvalue weighted by atomic mass is 10.0. The van der Waals surface area contributed by atoms with Crippen LogP contribution in [0.3, 0.4) is 0 Å². The number of methoxy groups -OCH3 is 1. The van der Waals surface area contributed by atoms with Gasteiger partial charge < -0.3 is 9.64 Å². The molecule has 3 amide bonds. The first kappa shape index (κ1) is 19.6. The number of hydrogen-bond acceptors (Lipinski definition) is 5. The van der Waals surface area contributed by atoms with Crippen LogP contribution in [0.5, 0.6) is 5.75 Å². The maximum Gasteiger partial charge on any atom is 0.331 e. The van der Waals surface area contributed by atoms with Crippen molar-refractivity contribution in [2.24, 2.45) is 4.99 Å². The van der Waals surface area contributed by atoms with Crippen molar-refractivity contribution in [1.82, 2.24) is 19.6 Å². The summed E-state index contributed by atoms with van der Waals surface area (Å²) in [5.74, 6) is 1.92. The number of amides is 3. The molecule has 1 atom stereocenters. The summed E-state index contributed by atoms with van der Waals surface area (Å²) in [6.07, 6.45) is 4.86. The number of carbonyl (C=O) groups is 2. The maximum absolute atomic E-state index is 13.4. The van der Waals surface area contributed by atoms with Gasteiger partial charge in [-0.3, -0.25) is 19.6 Å². The molecule has 1 aromatic heterocycles. The standard InChI is InChI=1S/C22H26N6O3/c1-15-5-3-4-11-25(15)19(29)14-27-21-18(20-23-10-12-26(20)22(27)30)13-24-28(21)16-6-8-17(31-2)9-7-16/h6-9,13,15H,3-5,10-12,14H2,1-2H3/t15-/m1/s1. The van der Waals surface area contributed by atoms with Crippen LogP contribution in [0, 0.1) is 0 Å². The van der Waals surface area contributed by atoms with Crippen molar-refractivity contribution in [3.63, 3.8) is 0 Å².